The summed E-state index contributed by atoms with van der Waals surface area (Å²) in [6.07, 6.45) is 0.780. The van der Waals surface area contributed by atoms with Crippen molar-refractivity contribution in [2.45, 2.75) is 37.5 Å². The number of amides is 1. The number of hydrogen-bond acceptors (Lipinski definition) is 5. The van der Waals surface area contributed by atoms with Gasteiger partial charge in [-0.25, -0.2) is 4.79 Å². The van der Waals surface area contributed by atoms with E-state index in [1.165, 1.54) is 0 Å². The highest BCUT2D eigenvalue weighted by Gasteiger charge is 2.36. The number of carbonyl (C=O) groups excluding carboxylic acids is 1. The van der Waals surface area contributed by atoms with Crippen molar-refractivity contribution in [3.63, 3.8) is 0 Å². The van der Waals surface area contributed by atoms with Crippen LogP contribution in [-0.2, 0) is 31.9 Å². The molecule has 0 aromatic heterocycles. The molecule has 3 rings (SSSR count). The number of ether oxygens (including phenoxy) is 1. The van der Waals surface area contributed by atoms with E-state index in [0.717, 1.165) is 17.4 Å². The molecule has 2 aromatic rings. The third-order valence-corrected chi connectivity index (χ3v) is 5.04. The Bertz CT molecular complexity index is 854. The van der Waals surface area contributed by atoms with Crippen molar-refractivity contribution in [1.29, 1.82) is 0 Å². The van der Waals surface area contributed by atoms with E-state index in [2.05, 4.69) is 5.32 Å². The fourth-order valence-electron chi connectivity index (χ4n) is 3.30. The van der Waals surface area contributed by atoms with Gasteiger partial charge in [0.1, 0.15) is 6.10 Å². The molecule has 0 unspecified atom stereocenters. The Hall–Kier alpha value is -2.38. The molecular formula is C20H23NO5S. The Morgan fingerprint density at radius 3 is 2.22 bits per heavy atom. The predicted octanol–water partition coefficient (Wildman–Crippen LogP) is 2.68. The van der Waals surface area contributed by atoms with Crippen LogP contribution < -0.4 is 5.32 Å². The molecular weight excluding hydrogens is 366 g/mol. The van der Waals surface area contributed by atoms with Crippen LogP contribution in [-0.4, -0.2) is 39.0 Å². The Balaban J connectivity index is 1.72. The van der Waals surface area contributed by atoms with Crippen LogP contribution in [0.25, 0.3) is 0 Å². The van der Waals surface area contributed by atoms with Gasteiger partial charge in [-0.2, -0.15) is 8.42 Å². The highest BCUT2D eigenvalue weighted by atomic mass is 32.2. The lowest BCUT2D eigenvalue weighted by Crippen LogP contribution is -2.37. The first-order chi connectivity index (χ1) is 12.9. The second-order valence-corrected chi connectivity index (χ2v) is 8.33. The molecule has 0 spiro atoms. The second kappa shape index (κ2) is 8.54. The smallest absolute Gasteiger partial charge is 0.407 e. The van der Waals surface area contributed by atoms with Crippen LogP contribution in [0.5, 0.6) is 0 Å². The molecule has 1 saturated heterocycles. The minimum Gasteiger partial charge on any atom is -0.444 e. The van der Waals surface area contributed by atoms with Crippen molar-refractivity contribution in [3.8, 4) is 0 Å². The van der Waals surface area contributed by atoms with E-state index >= 15 is 0 Å². The van der Waals surface area contributed by atoms with Crippen LogP contribution in [0, 0.1) is 0 Å². The van der Waals surface area contributed by atoms with Gasteiger partial charge in [-0.1, -0.05) is 60.7 Å². The molecule has 6 nitrogen and oxygen atoms in total. The minimum absolute atomic E-state index is 0.235. The summed E-state index contributed by atoms with van der Waals surface area (Å²) in [4.78, 5) is 11.8. The van der Waals surface area contributed by atoms with E-state index in [-0.39, 0.29) is 12.5 Å². The SMILES string of the molecule is CS(=O)(=O)O[C@H](Cc1ccccc1)C[C@@H]1OC(=O)N[C@H]1Cc1ccccc1. The monoisotopic (exact) mass is 389 g/mol. The highest BCUT2D eigenvalue weighted by Crippen LogP contribution is 2.22. The zero-order valence-electron chi connectivity index (χ0n) is 15.1. The molecule has 1 N–H and O–H groups in total. The van der Waals surface area contributed by atoms with Gasteiger partial charge in [-0.3, -0.25) is 4.18 Å². The summed E-state index contributed by atoms with van der Waals surface area (Å²) >= 11 is 0. The van der Waals surface area contributed by atoms with Gasteiger partial charge in [0.05, 0.1) is 18.4 Å². The maximum Gasteiger partial charge on any atom is 0.407 e. The summed E-state index contributed by atoms with van der Waals surface area (Å²) in [5.74, 6) is 0. The van der Waals surface area contributed by atoms with Gasteiger partial charge in [-0.05, 0) is 17.5 Å². The van der Waals surface area contributed by atoms with E-state index in [1.807, 2.05) is 60.7 Å². The van der Waals surface area contributed by atoms with Crippen LogP contribution in [0.3, 0.4) is 0 Å². The summed E-state index contributed by atoms with van der Waals surface area (Å²) in [5, 5.41) is 2.82. The average molecular weight is 389 g/mol. The number of cyclic esters (lactones) is 1. The zero-order chi connectivity index (χ0) is 19.3. The lowest BCUT2D eigenvalue weighted by atomic mass is 9.96. The van der Waals surface area contributed by atoms with Gasteiger partial charge in [0.25, 0.3) is 10.1 Å². The van der Waals surface area contributed by atoms with E-state index in [4.69, 9.17) is 8.92 Å². The molecule has 0 aliphatic carbocycles. The zero-order valence-corrected chi connectivity index (χ0v) is 15.9. The molecule has 0 saturated carbocycles. The Labute approximate surface area is 159 Å². The van der Waals surface area contributed by atoms with E-state index in [0.29, 0.717) is 12.8 Å². The normalized spacial score (nSPS) is 20.7. The number of carbonyl (C=O) groups is 1. The van der Waals surface area contributed by atoms with Crippen molar-refractivity contribution in [1.82, 2.24) is 5.32 Å². The lowest BCUT2D eigenvalue weighted by molar-refractivity contribution is 0.0874. The summed E-state index contributed by atoms with van der Waals surface area (Å²) in [6.45, 7) is 0. The highest BCUT2D eigenvalue weighted by molar-refractivity contribution is 7.86. The summed E-state index contributed by atoms with van der Waals surface area (Å²) in [6, 6.07) is 19.0. The third-order valence-electron chi connectivity index (χ3n) is 4.42. The average Bonchev–Trinajstić information content (AvgIpc) is 2.94. The van der Waals surface area contributed by atoms with Crippen molar-refractivity contribution in [2.75, 3.05) is 6.26 Å². The molecule has 2 aromatic carbocycles. The first kappa shape index (κ1) is 19.4. The molecule has 1 aliphatic rings. The van der Waals surface area contributed by atoms with Crippen molar-refractivity contribution in [3.05, 3.63) is 71.8 Å². The minimum atomic E-state index is -3.64. The van der Waals surface area contributed by atoms with E-state index < -0.39 is 28.4 Å². The molecule has 1 amide bonds. The van der Waals surface area contributed by atoms with Crippen LogP contribution >= 0.6 is 0 Å². The van der Waals surface area contributed by atoms with E-state index in [9.17, 15) is 13.2 Å². The van der Waals surface area contributed by atoms with Gasteiger partial charge in [0, 0.05) is 12.8 Å². The van der Waals surface area contributed by atoms with Crippen LogP contribution in [0.15, 0.2) is 60.7 Å². The van der Waals surface area contributed by atoms with Crippen molar-refractivity contribution >= 4 is 16.2 Å². The van der Waals surface area contributed by atoms with Crippen LogP contribution in [0.1, 0.15) is 17.5 Å². The number of alkyl carbamates (subject to hydrolysis) is 1. The molecule has 144 valence electrons. The molecule has 0 bridgehead atoms. The third kappa shape index (κ3) is 6.08. The molecule has 1 aliphatic heterocycles. The maximum absolute atomic E-state index is 11.8. The fraction of sp³-hybridized carbons (Fsp3) is 0.350. The Kier molecular flexibility index (Phi) is 6.13. The summed E-state index contributed by atoms with van der Waals surface area (Å²) < 4.78 is 34.1. The van der Waals surface area contributed by atoms with Crippen molar-refractivity contribution in [2.24, 2.45) is 0 Å². The van der Waals surface area contributed by atoms with Gasteiger partial charge < -0.3 is 10.1 Å². The molecule has 1 fully saturated rings. The second-order valence-electron chi connectivity index (χ2n) is 6.73. The number of hydrogen-bond donors (Lipinski definition) is 1. The number of nitrogens with one attached hydrogen (secondary N) is 1. The topological polar surface area (TPSA) is 81.7 Å². The lowest BCUT2D eigenvalue weighted by Gasteiger charge is -2.23. The first-order valence-electron chi connectivity index (χ1n) is 8.82. The van der Waals surface area contributed by atoms with Crippen LogP contribution in [0.4, 0.5) is 4.79 Å². The molecule has 0 radical (unpaired) electrons. The quantitative estimate of drug-likeness (QED) is 0.702. The van der Waals surface area contributed by atoms with Gasteiger partial charge in [-0.15, -0.1) is 0 Å². The molecule has 3 atom stereocenters. The standard InChI is InChI=1S/C20H23NO5S/c1-27(23,24)26-17(12-15-8-4-2-5-9-15)14-19-18(21-20(22)25-19)13-16-10-6-3-7-11-16/h2-11,17-19H,12-14H2,1H3,(H,21,22)/t17-,18+,19+/m1/s1. The number of rotatable bonds is 8. The first-order valence-corrected chi connectivity index (χ1v) is 10.6. The molecule has 7 heteroatoms. The maximum atomic E-state index is 11.8. The van der Waals surface area contributed by atoms with Gasteiger partial charge >= 0.3 is 6.09 Å². The van der Waals surface area contributed by atoms with Gasteiger partial charge in [0.15, 0.2) is 0 Å². The summed E-state index contributed by atoms with van der Waals surface area (Å²) in [5.41, 5.74) is 2.03. The summed E-state index contributed by atoms with van der Waals surface area (Å²) in [7, 11) is -3.64. The molecule has 27 heavy (non-hydrogen) atoms. The van der Waals surface area contributed by atoms with E-state index in [1.54, 1.807) is 0 Å². The van der Waals surface area contributed by atoms with Crippen molar-refractivity contribution < 1.29 is 22.1 Å². The molecule has 1 heterocycles. The Morgan fingerprint density at radius 2 is 1.63 bits per heavy atom. The van der Waals surface area contributed by atoms with Crippen LogP contribution in [0.2, 0.25) is 0 Å². The van der Waals surface area contributed by atoms with Gasteiger partial charge in [0.2, 0.25) is 0 Å². The predicted molar refractivity (Wildman–Crippen MR) is 102 cm³/mol. The number of benzene rings is 2. The Morgan fingerprint density at radius 1 is 1.04 bits per heavy atom. The fourth-order valence-corrected chi connectivity index (χ4v) is 3.94. The largest absolute Gasteiger partial charge is 0.444 e.